The Labute approximate surface area is 199 Å². The van der Waals surface area contributed by atoms with E-state index < -0.39 is 51.4 Å². The van der Waals surface area contributed by atoms with Crippen molar-refractivity contribution in [2.24, 2.45) is 0 Å². The number of urea groups is 1. The van der Waals surface area contributed by atoms with Gasteiger partial charge in [-0.05, 0) is 56.2 Å². The van der Waals surface area contributed by atoms with Gasteiger partial charge in [0.05, 0.1) is 16.9 Å². The molecule has 0 fully saturated rings. The molecule has 0 saturated heterocycles. The Kier molecular flexibility index (Phi) is 8.69. The van der Waals surface area contributed by atoms with Crippen LogP contribution in [0.1, 0.15) is 43.9 Å². The maximum atomic E-state index is 13.1. The predicted molar refractivity (Wildman–Crippen MR) is 117 cm³/mol. The molecule has 0 heterocycles. The normalized spacial score (nSPS) is 13.3. The lowest BCUT2D eigenvalue weighted by Crippen LogP contribution is -2.40. The number of hydrogen-bond acceptors (Lipinski definition) is 4. The van der Waals surface area contributed by atoms with Crippen LogP contribution in [0.15, 0.2) is 42.5 Å². The summed E-state index contributed by atoms with van der Waals surface area (Å²) in [6.45, 7) is 4.67. The highest BCUT2D eigenvalue weighted by molar-refractivity contribution is 7.87. The zero-order chi connectivity index (χ0) is 26.6. The van der Waals surface area contributed by atoms with Crippen LogP contribution < -0.4 is 9.50 Å². The number of amides is 2. The topological polar surface area (TPSA) is 75.7 Å². The van der Waals surface area contributed by atoms with Crippen molar-refractivity contribution < 1.29 is 43.7 Å². The van der Waals surface area contributed by atoms with Crippen molar-refractivity contribution in [2.45, 2.75) is 52.1 Å². The van der Waals surface area contributed by atoms with Gasteiger partial charge in [-0.3, -0.25) is 0 Å². The van der Waals surface area contributed by atoms with E-state index >= 15 is 0 Å². The SMILES string of the molecule is CCC(C)N(Cc1cccc(OS(=O)(=O)CC)c1)C(=O)Nc1cc(C(F)(F)F)cc(C(F)(F)F)c1. The van der Waals surface area contributed by atoms with Crippen LogP contribution in [-0.4, -0.2) is 31.1 Å². The standard InChI is InChI=1S/C22H24F6N2O4S/c1-4-14(3)30(13-15-7-6-8-19(9-15)34-35(32,33)5-2)20(31)29-18-11-16(21(23,24)25)10-17(12-18)22(26,27)28/h6-12,14H,4-5,13H2,1-3H3,(H,29,31). The molecule has 35 heavy (non-hydrogen) atoms. The van der Waals surface area contributed by atoms with E-state index in [1.165, 1.54) is 30.0 Å². The fraction of sp³-hybridized carbons (Fsp3) is 0.409. The van der Waals surface area contributed by atoms with E-state index in [0.717, 1.165) is 0 Å². The van der Waals surface area contributed by atoms with E-state index in [0.29, 0.717) is 24.1 Å². The van der Waals surface area contributed by atoms with Crippen molar-refractivity contribution in [3.05, 3.63) is 59.2 Å². The first-order valence-corrected chi connectivity index (χ1v) is 12.0. The zero-order valence-electron chi connectivity index (χ0n) is 19.0. The van der Waals surface area contributed by atoms with Crippen molar-refractivity contribution in [2.75, 3.05) is 11.1 Å². The molecule has 2 amide bonds. The first-order valence-electron chi connectivity index (χ1n) is 10.4. The Bertz CT molecular complexity index is 1120. The summed E-state index contributed by atoms with van der Waals surface area (Å²) < 4.78 is 107. The molecule has 1 N–H and O–H groups in total. The minimum atomic E-state index is -5.06. The van der Waals surface area contributed by atoms with Gasteiger partial charge in [-0.1, -0.05) is 19.1 Å². The molecular weight excluding hydrogens is 502 g/mol. The molecule has 2 rings (SSSR count). The Morgan fingerprint density at radius 3 is 2.06 bits per heavy atom. The van der Waals surface area contributed by atoms with Gasteiger partial charge < -0.3 is 14.4 Å². The molecule has 2 aromatic carbocycles. The van der Waals surface area contributed by atoms with Gasteiger partial charge in [0.1, 0.15) is 5.75 Å². The number of anilines is 1. The third kappa shape index (κ3) is 8.05. The molecule has 0 aromatic heterocycles. The van der Waals surface area contributed by atoms with Crippen LogP contribution in [0.3, 0.4) is 0 Å². The molecule has 1 unspecified atom stereocenters. The predicted octanol–water partition coefficient (Wildman–Crippen LogP) is 6.29. The third-order valence-corrected chi connectivity index (χ3v) is 6.20. The van der Waals surface area contributed by atoms with Gasteiger partial charge in [0.15, 0.2) is 0 Å². The Morgan fingerprint density at radius 1 is 1.00 bits per heavy atom. The van der Waals surface area contributed by atoms with E-state index in [1.54, 1.807) is 19.9 Å². The summed E-state index contributed by atoms with van der Waals surface area (Å²) in [5.74, 6) is -0.267. The first kappa shape index (κ1) is 28.3. The van der Waals surface area contributed by atoms with E-state index in [4.69, 9.17) is 4.18 Å². The molecule has 2 aromatic rings. The second-order valence-corrected chi connectivity index (χ2v) is 9.55. The summed E-state index contributed by atoms with van der Waals surface area (Å²) in [7, 11) is -3.80. The molecule has 194 valence electrons. The third-order valence-electron chi connectivity index (χ3n) is 5.05. The van der Waals surface area contributed by atoms with Crippen LogP contribution >= 0.6 is 0 Å². The van der Waals surface area contributed by atoms with Gasteiger partial charge in [0, 0.05) is 18.3 Å². The molecule has 13 heteroatoms. The largest absolute Gasteiger partial charge is 0.416 e. The smallest absolute Gasteiger partial charge is 0.382 e. The highest BCUT2D eigenvalue weighted by Crippen LogP contribution is 2.37. The lowest BCUT2D eigenvalue weighted by Gasteiger charge is -2.29. The lowest BCUT2D eigenvalue weighted by molar-refractivity contribution is -0.143. The molecule has 0 aliphatic heterocycles. The lowest BCUT2D eigenvalue weighted by atomic mass is 10.1. The number of rotatable bonds is 8. The average molecular weight is 526 g/mol. The number of alkyl halides is 6. The van der Waals surface area contributed by atoms with Gasteiger partial charge in [-0.25, -0.2) is 4.79 Å². The van der Waals surface area contributed by atoms with E-state index in [2.05, 4.69) is 5.32 Å². The van der Waals surface area contributed by atoms with Crippen LogP contribution in [0.5, 0.6) is 5.75 Å². The number of carbonyl (C=O) groups is 1. The van der Waals surface area contributed by atoms with Gasteiger partial charge in [0.25, 0.3) is 0 Å². The van der Waals surface area contributed by atoms with Crippen molar-refractivity contribution in [3.63, 3.8) is 0 Å². The molecule has 6 nitrogen and oxygen atoms in total. The molecule has 0 radical (unpaired) electrons. The van der Waals surface area contributed by atoms with Gasteiger partial charge in [-0.2, -0.15) is 34.8 Å². The van der Waals surface area contributed by atoms with E-state index in [9.17, 15) is 39.6 Å². The summed E-state index contributed by atoms with van der Waals surface area (Å²) in [5, 5.41) is 2.12. The molecule has 0 aliphatic rings. The van der Waals surface area contributed by atoms with Crippen molar-refractivity contribution in [1.29, 1.82) is 0 Å². The Hall–Kier alpha value is -2.96. The first-order chi connectivity index (χ1) is 16.1. The van der Waals surface area contributed by atoms with Crippen LogP contribution in [0.2, 0.25) is 0 Å². The van der Waals surface area contributed by atoms with Crippen LogP contribution in [0, 0.1) is 0 Å². The highest BCUT2D eigenvalue weighted by Gasteiger charge is 2.37. The van der Waals surface area contributed by atoms with Gasteiger partial charge >= 0.3 is 28.5 Å². The van der Waals surface area contributed by atoms with E-state index in [-0.39, 0.29) is 24.1 Å². The van der Waals surface area contributed by atoms with Crippen molar-refractivity contribution in [3.8, 4) is 5.75 Å². The zero-order valence-corrected chi connectivity index (χ0v) is 19.8. The van der Waals surface area contributed by atoms with Crippen LogP contribution in [0.25, 0.3) is 0 Å². The second-order valence-electron chi connectivity index (χ2n) is 7.69. The summed E-state index contributed by atoms with van der Waals surface area (Å²) in [6.07, 6.45) is -9.70. The number of carbonyl (C=O) groups excluding carboxylic acids is 1. The monoisotopic (exact) mass is 526 g/mol. The number of nitrogens with zero attached hydrogens (tertiary/aromatic N) is 1. The number of halogens is 6. The molecule has 0 saturated carbocycles. The molecular formula is C22H24F6N2O4S. The van der Waals surface area contributed by atoms with Crippen LogP contribution in [0.4, 0.5) is 36.8 Å². The van der Waals surface area contributed by atoms with Crippen LogP contribution in [-0.2, 0) is 29.0 Å². The average Bonchev–Trinajstić information content (AvgIpc) is 2.75. The van der Waals surface area contributed by atoms with E-state index in [1.807, 2.05) is 0 Å². The minimum absolute atomic E-state index is 0.00144. The fourth-order valence-electron chi connectivity index (χ4n) is 2.97. The maximum absolute atomic E-state index is 13.1. The Morgan fingerprint density at radius 2 is 1.57 bits per heavy atom. The number of hydrogen-bond donors (Lipinski definition) is 1. The highest BCUT2D eigenvalue weighted by atomic mass is 32.2. The number of nitrogens with one attached hydrogen (secondary N) is 1. The van der Waals surface area contributed by atoms with Gasteiger partial charge in [0.2, 0.25) is 0 Å². The quantitative estimate of drug-likeness (QED) is 0.324. The summed E-state index contributed by atoms with van der Waals surface area (Å²) >= 11 is 0. The fourth-order valence-corrected chi connectivity index (χ4v) is 3.48. The molecule has 1 atom stereocenters. The summed E-state index contributed by atoms with van der Waals surface area (Å²) in [5.41, 5.74) is -3.35. The maximum Gasteiger partial charge on any atom is 0.416 e. The molecule has 0 aliphatic carbocycles. The van der Waals surface area contributed by atoms with Gasteiger partial charge in [-0.15, -0.1) is 0 Å². The number of benzene rings is 2. The van der Waals surface area contributed by atoms with Crippen molar-refractivity contribution >= 4 is 21.8 Å². The second kappa shape index (κ2) is 10.8. The summed E-state index contributed by atoms with van der Waals surface area (Å²) in [4.78, 5) is 14.1. The minimum Gasteiger partial charge on any atom is -0.382 e. The molecule has 0 bridgehead atoms. The molecule has 0 spiro atoms. The summed E-state index contributed by atoms with van der Waals surface area (Å²) in [6, 6.07) is 5.25. The van der Waals surface area contributed by atoms with Crippen molar-refractivity contribution in [1.82, 2.24) is 4.90 Å². The Balaban J connectivity index is 2.36.